The van der Waals surface area contributed by atoms with Crippen LogP contribution in [0.25, 0.3) is 0 Å². The molecule has 6 heteroatoms. The minimum atomic E-state index is 0.291. The zero-order valence-electron chi connectivity index (χ0n) is 11.9. The summed E-state index contributed by atoms with van der Waals surface area (Å²) in [5, 5.41) is 6.09. The molecule has 1 aromatic heterocycles. The summed E-state index contributed by atoms with van der Waals surface area (Å²) in [5.74, 6) is 1.34. The van der Waals surface area contributed by atoms with Crippen LogP contribution in [-0.2, 0) is 0 Å². The van der Waals surface area contributed by atoms with Gasteiger partial charge >= 0.3 is 6.01 Å². The van der Waals surface area contributed by atoms with E-state index in [4.69, 9.17) is 4.74 Å². The summed E-state index contributed by atoms with van der Waals surface area (Å²) >= 11 is 0. The van der Waals surface area contributed by atoms with Gasteiger partial charge in [-0.3, -0.25) is 0 Å². The van der Waals surface area contributed by atoms with E-state index in [1.165, 1.54) is 12.7 Å². The molecule has 0 amide bonds. The maximum Gasteiger partial charge on any atom is 0.322 e. The lowest BCUT2D eigenvalue weighted by atomic mass is 10.0. The number of rotatable bonds is 6. The highest BCUT2D eigenvalue weighted by Crippen LogP contribution is 2.16. The fraction of sp³-hybridized carbons (Fsp3) is 0.357. The quantitative estimate of drug-likeness (QED) is 0.840. The Morgan fingerprint density at radius 3 is 2.45 bits per heavy atom. The third kappa shape index (κ3) is 3.57. The largest absolute Gasteiger partial charge is 0.467 e. The van der Waals surface area contributed by atoms with Crippen molar-refractivity contribution >= 4 is 11.9 Å². The Labute approximate surface area is 118 Å². The number of nitrogens with zero attached hydrogens (tertiary/aromatic N) is 3. The monoisotopic (exact) mass is 273 g/mol. The molecule has 0 bridgehead atoms. The first-order chi connectivity index (χ1) is 9.72. The molecule has 106 valence electrons. The molecule has 2 N–H and O–H groups in total. The summed E-state index contributed by atoms with van der Waals surface area (Å²) in [7, 11) is 3.29. The molecule has 20 heavy (non-hydrogen) atoms. The molecule has 0 saturated heterocycles. The molecule has 0 saturated carbocycles. The van der Waals surface area contributed by atoms with Crippen LogP contribution in [0, 0.1) is 0 Å². The third-order valence-corrected chi connectivity index (χ3v) is 2.96. The Bertz CT molecular complexity index is 524. The predicted octanol–water partition coefficient (Wildman–Crippen LogP) is 2.14. The SMILES string of the molecule is CNc1nc(NCC(C)c2ccccc2)nc(OC)n1. The van der Waals surface area contributed by atoms with Gasteiger partial charge in [0, 0.05) is 13.6 Å². The summed E-state index contributed by atoms with van der Waals surface area (Å²) < 4.78 is 5.05. The third-order valence-electron chi connectivity index (χ3n) is 2.96. The van der Waals surface area contributed by atoms with Crippen LogP contribution in [0.5, 0.6) is 6.01 Å². The van der Waals surface area contributed by atoms with Crippen LogP contribution < -0.4 is 15.4 Å². The second-order valence-electron chi connectivity index (χ2n) is 4.41. The van der Waals surface area contributed by atoms with Gasteiger partial charge < -0.3 is 15.4 Å². The number of benzene rings is 1. The summed E-state index contributed by atoms with van der Waals surface area (Å²) in [6.07, 6.45) is 0. The second kappa shape index (κ2) is 6.70. The highest BCUT2D eigenvalue weighted by atomic mass is 16.5. The Balaban J connectivity index is 2.03. The Hall–Kier alpha value is -2.37. The maximum absolute atomic E-state index is 5.05. The van der Waals surface area contributed by atoms with Gasteiger partial charge in [-0.05, 0) is 11.5 Å². The van der Waals surface area contributed by atoms with Gasteiger partial charge in [0.2, 0.25) is 11.9 Å². The molecule has 0 fully saturated rings. The Morgan fingerprint density at radius 2 is 1.80 bits per heavy atom. The van der Waals surface area contributed by atoms with E-state index in [-0.39, 0.29) is 0 Å². The molecule has 1 atom stereocenters. The fourth-order valence-corrected chi connectivity index (χ4v) is 1.78. The van der Waals surface area contributed by atoms with Gasteiger partial charge in [-0.25, -0.2) is 0 Å². The van der Waals surface area contributed by atoms with Gasteiger partial charge in [0.05, 0.1) is 7.11 Å². The van der Waals surface area contributed by atoms with Crippen LogP contribution in [0.3, 0.4) is 0 Å². The van der Waals surface area contributed by atoms with Gasteiger partial charge in [0.1, 0.15) is 0 Å². The lowest BCUT2D eigenvalue weighted by molar-refractivity contribution is 0.379. The summed E-state index contributed by atoms with van der Waals surface area (Å²) in [4.78, 5) is 12.5. The first kappa shape index (κ1) is 14.0. The van der Waals surface area contributed by atoms with Crippen molar-refractivity contribution in [2.45, 2.75) is 12.8 Å². The number of nitrogens with one attached hydrogen (secondary N) is 2. The maximum atomic E-state index is 5.05. The summed E-state index contributed by atoms with van der Waals surface area (Å²) in [6, 6.07) is 10.6. The highest BCUT2D eigenvalue weighted by molar-refractivity contribution is 5.36. The van der Waals surface area contributed by atoms with Gasteiger partial charge in [0.15, 0.2) is 0 Å². The van der Waals surface area contributed by atoms with E-state index in [9.17, 15) is 0 Å². The number of anilines is 2. The van der Waals surface area contributed by atoms with E-state index >= 15 is 0 Å². The molecule has 1 aromatic carbocycles. The van der Waals surface area contributed by atoms with Crippen LogP contribution in [0.2, 0.25) is 0 Å². The van der Waals surface area contributed by atoms with E-state index in [1.54, 1.807) is 7.05 Å². The molecule has 0 aliphatic carbocycles. The zero-order chi connectivity index (χ0) is 14.4. The first-order valence-electron chi connectivity index (χ1n) is 6.49. The number of hydrogen-bond acceptors (Lipinski definition) is 6. The van der Waals surface area contributed by atoms with Crippen LogP contribution >= 0.6 is 0 Å². The summed E-state index contributed by atoms with van der Waals surface area (Å²) in [6.45, 7) is 2.89. The molecular formula is C14H19N5O. The molecule has 2 aromatic rings. The van der Waals surface area contributed by atoms with Crippen LogP contribution in [0.4, 0.5) is 11.9 Å². The van der Waals surface area contributed by atoms with Crippen molar-refractivity contribution in [2.24, 2.45) is 0 Å². The minimum Gasteiger partial charge on any atom is -0.467 e. The molecular weight excluding hydrogens is 254 g/mol. The Kier molecular flexibility index (Phi) is 4.70. The van der Waals surface area contributed by atoms with Crippen LogP contribution in [0.15, 0.2) is 30.3 Å². The molecule has 0 radical (unpaired) electrons. The van der Waals surface area contributed by atoms with Crippen molar-refractivity contribution in [1.29, 1.82) is 0 Å². The topological polar surface area (TPSA) is 72.0 Å². The van der Waals surface area contributed by atoms with Crippen molar-refractivity contribution in [3.8, 4) is 6.01 Å². The smallest absolute Gasteiger partial charge is 0.322 e. The molecule has 0 aliphatic heterocycles. The van der Waals surface area contributed by atoms with Crippen molar-refractivity contribution < 1.29 is 4.74 Å². The highest BCUT2D eigenvalue weighted by Gasteiger charge is 2.08. The average Bonchev–Trinajstić information content (AvgIpc) is 2.53. The number of aromatic nitrogens is 3. The van der Waals surface area contributed by atoms with Crippen molar-refractivity contribution in [3.05, 3.63) is 35.9 Å². The first-order valence-corrected chi connectivity index (χ1v) is 6.49. The van der Waals surface area contributed by atoms with E-state index in [1.807, 2.05) is 18.2 Å². The molecule has 0 spiro atoms. The van der Waals surface area contributed by atoms with E-state index in [0.29, 0.717) is 23.8 Å². The number of methoxy groups -OCH3 is 1. The minimum absolute atomic E-state index is 0.291. The normalized spacial score (nSPS) is 11.8. The lowest BCUT2D eigenvalue weighted by Crippen LogP contribution is -2.13. The Morgan fingerprint density at radius 1 is 1.10 bits per heavy atom. The molecule has 2 rings (SSSR count). The van der Waals surface area contributed by atoms with Gasteiger partial charge in [0.25, 0.3) is 0 Å². The van der Waals surface area contributed by atoms with Gasteiger partial charge in [-0.1, -0.05) is 37.3 Å². The molecule has 6 nitrogen and oxygen atoms in total. The van der Waals surface area contributed by atoms with E-state index in [0.717, 1.165) is 6.54 Å². The van der Waals surface area contributed by atoms with E-state index < -0.39 is 0 Å². The molecule has 1 heterocycles. The molecule has 0 aliphatic rings. The van der Waals surface area contributed by atoms with Gasteiger partial charge in [-0.2, -0.15) is 15.0 Å². The fourth-order valence-electron chi connectivity index (χ4n) is 1.78. The number of hydrogen-bond donors (Lipinski definition) is 2. The standard InChI is InChI=1S/C14H19N5O/c1-10(11-7-5-4-6-8-11)9-16-13-17-12(15-2)18-14(19-13)20-3/h4-8,10H,9H2,1-3H3,(H2,15,16,17,18,19). The van der Waals surface area contributed by atoms with Crippen molar-refractivity contribution in [3.63, 3.8) is 0 Å². The average molecular weight is 273 g/mol. The zero-order valence-corrected chi connectivity index (χ0v) is 11.9. The second-order valence-corrected chi connectivity index (χ2v) is 4.41. The predicted molar refractivity (Wildman–Crippen MR) is 79.3 cm³/mol. The van der Waals surface area contributed by atoms with Crippen LogP contribution in [-0.4, -0.2) is 35.7 Å². The van der Waals surface area contributed by atoms with Gasteiger partial charge in [-0.15, -0.1) is 0 Å². The van der Waals surface area contributed by atoms with Crippen molar-refractivity contribution in [2.75, 3.05) is 31.3 Å². The number of ether oxygens (including phenoxy) is 1. The lowest BCUT2D eigenvalue weighted by Gasteiger charge is -2.13. The molecule has 1 unspecified atom stereocenters. The van der Waals surface area contributed by atoms with E-state index in [2.05, 4.69) is 44.6 Å². The summed E-state index contributed by atoms with van der Waals surface area (Å²) in [5.41, 5.74) is 1.27. The van der Waals surface area contributed by atoms with Crippen LogP contribution in [0.1, 0.15) is 18.4 Å². The van der Waals surface area contributed by atoms with Crippen molar-refractivity contribution in [1.82, 2.24) is 15.0 Å².